The predicted octanol–water partition coefficient (Wildman–Crippen LogP) is 3.28. The summed E-state index contributed by atoms with van der Waals surface area (Å²) in [6.07, 6.45) is -0.244. The van der Waals surface area contributed by atoms with Crippen LogP contribution < -0.4 is 10.6 Å². The Labute approximate surface area is 187 Å². The number of benzene rings is 1. The molecule has 32 heavy (non-hydrogen) atoms. The van der Waals surface area contributed by atoms with Gasteiger partial charge < -0.3 is 4.90 Å². The van der Waals surface area contributed by atoms with Crippen LogP contribution in [0.4, 0.5) is 19.0 Å². The van der Waals surface area contributed by atoms with Crippen molar-refractivity contribution in [1.29, 1.82) is 0 Å². The Hall–Kier alpha value is -3.35. The lowest BCUT2D eigenvalue weighted by molar-refractivity contribution is -0.136. The van der Waals surface area contributed by atoms with Gasteiger partial charge in [-0.25, -0.2) is 19.7 Å². The molecule has 9 nitrogen and oxygen atoms in total. The summed E-state index contributed by atoms with van der Waals surface area (Å²) < 4.78 is 43.8. The highest BCUT2D eigenvalue weighted by Gasteiger charge is 2.35. The highest BCUT2D eigenvalue weighted by Crippen LogP contribution is 2.39. The van der Waals surface area contributed by atoms with Gasteiger partial charge in [-0.15, -0.1) is 0 Å². The molecule has 13 heteroatoms. The molecule has 4 aromatic rings. The van der Waals surface area contributed by atoms with E-state index in [1.165, 1.54) is 24.1 Å². The molecule has 0 aliphatic heterocycles. The Kier molecular flexibility index (Phi) is 5.44. The van der Waals surface area contributed by atoms with Crippen molar-refractivity contribution in [3.05, 3.63) is 63.3 Å². The number of fused-ring (bicyclic) bond motifs is 1. The van der Waals surface area contributed by atoms with Gasteiger partial charge in [0.25, 0.3) is 5.95 Å². The monoisotopic (exact) mass is 508 g/mol. The standard InChI is InChI=1S/C19H16BrF3N8O/c1-10(15-26-9-27-31(15)17-24-5-4-6-25-17)29(2)16-12-7-11(20)8-13(19(21,22)23)14(12)30(3)18(32)28-16/h4-10H,1-3H3. The number of hydrogen-bond acceptors (Lipinski definition) is 7. The zero-order valence-electron chi connectivity index (χ0n) is 17.0. The number of rotatable bonds is 4. The fourth-order valence-corrected chi connectivity index (χ4v) is 3.84. The van der Waals surface area contributed by atoms with Crippen LogP contribution in [0.2, 0.25) is 0 Å². The molecule has 0 saturated heterocycles. The highest BCUT2D eigenvalue weighted by molar-refractivity contribution is 9.10. The van der Waals surface area contributed by atoms with Crippen molar-refractivity contribution < 1.29 is 13.2 Å². The van der Waals surface area contributed by atoms with E-state index in [1.54, 1.807) is 37.3 Å². The second-order valence-corrected chi connectivity index (χ2v) is 7.91. The Balaban J connectivity index is 1.90. The summed E-state index contributed by atoms with van der Waals surface area (Å²) in [6, 6.07) is 3.55. The van der Waals surface area contributed by atoms with Gasteiger partial charge in [-0.1, -0.05) is 15.9 Å². The molecule has 0 N–H and O–H groups in total. The third-order valence-corrected chi connectivity index (χ3v) is 5.51. The van der Waals surface area contributed by atoms with Crippen LogP contribution >= 0.6 is 15.9 Å². The molecule has 3 aromatic heterocycles. The summed E-state index contributed by atoms with van der Waals surface area (Å²) in [7, 11) is 2.88. The average molecular weight is 509 g/mol. The quantitative estimate of drug-likeness (QED) is 0.417. The molecule has 1 unspecified atom stereocenters. The Morgan fingerprint density at radius 3 is 2.50 bits per heavy atom. The first-order chi connectivity index (χ1) is 15.1. The van der Waals surface area contributed by atoms with Crippen molar-refractivity contribution in [1.82, 2.24) is 34.3 Å². The van der Waals surface area contributed by atoms with E-state index in [0.717, 1.165) is 10.6 Å². The third-order valence-electron chi connectivity index (χ3n) is 5.05. The molecular weight excluding hydrogens is 493 g/mol. The van der Waals surface area contributed by atoms with Crippen LogP contribution in [-0.2, 0) is 13.2 Å². The molecule has 3 heterocycles. The molecule has 0 aliphatic rings. The van der Waals surface area contributed by atoms with Gasteiger partial charge in [0.15, 0.2) is 5.82 Å². The van der Waals surface area contributed by atoms with Gasteiger partial charge in [-0.05, 0) is 25.1 Å². The Morgan fingerprint density at radius 1 is 1.16 bits per heavy atom. The van der Waals surface area contributed by atoms with Crippen LogP contribution in [0.25, 0.3) is 16.9 Å². The van der Waals surface area contributed by atoms with Gasteiger partial charge in [0.2, 0.25) is 0 Å². The van der Waals surface area contributed by atoms with E-state index in [9.17, 15) is 18.0 Å². The molecule has 0 aliphatic carbocycles. The first-order valence-corrected chi connectivity index (χ1v) is 10.1. The normalized spacial score (nSPS) is 12.8. The maximum absolute atomic E-state index is 13.8. The third kappa shape index (κ3) is 3.72. The van der Waals surface area contributed by atoms with Crippen LogP contribution in [0.1, 0.15) is 24.4 Å². The van der Waals surface area contributed by atoms with E-state index in [0.29, 0.717) is 5.82 Å². The molecule has 0 fully saturated rings. The van der Waals surface area contributed by atoms with Crippen LogP contribution in [0, 0.1) is 0 Å². The number of anilines is 1. The van der Waals surface area contributed by atoms with Crippen molar-refractivity contribution >= 4 is 32.7 Å². The van der Waals surface area contributed by atoms with Gasteiger partial charge >= 0.3 is 11.9 Å². The second kappa shape index (κ2) is 7.97. The molecule has 0 bridgehead atoms. The molecular formula is C19H16BrF3N8O. The minimum Gasteiger partial charge on any atom is -0.349 e. The van der Waals surface area contributed by atoms with Crippen molar-refractivity contribution in [2.45, 2.75) is 19.1 Å². The molecule has 1 aromatic carbocycles. The SMILES string of the molecule is CC(c1ncnn1-c1ncccn1)N(C)c1nc(=O)n(C)c2c(C(F)(F)F)cc(Br)cc12. The number of halogens is 4. The number of nitrogens with zero attached hydrogens (tertiary/aromatic N) is 8. The lowest BCUT2D eigenvalue weighted by Gasteiger charge is -2.27. The summed E-state index contributed by atoms with van der Waals surface area (Å²) in [5.41, 5.74) is -2.01. The molecule has 1 atom stereocenters. The zero-order chi connectivity index (χ0) is 23.2. The minimum absolute atomic E-state index is 0.0749. The van der Waals surface area contributed by atoms with E-state index in [-0.39, 0.29) is 27.1 Å². The van der Waals surface area contributed by atoms with Crippen molar-refractivity contribution in [2.24, 2.45) is 7.05 Å². The largest absolute Gasteiger partial charge is 0.418 e. The topological polar surface area (TPSA) is 94.6 Å². The van der Waals surface area contributed by atoms with Crippen LogP contribution in [-0.4, -0.2) is 41.3 Å². The van der Waals surface area contributed by atoms with Gasteiger partial charge in [-0.2, -0.15) is 27.9 Å². The molecule has 4 rings (SSSR count). The number of hydrogen-bond donors (Lipinski definition) is 0. The summed E-state index contributed by atoms with van der Waals surface area (Å²) in [6.45, 7) is 1.76. The zero-order valence-corrected chi connectivity index (χ0v) is 18.6. The van der Waals surface area contributed by atoms with Gasteiger partial charge in [0.05, 0.1) is 17.1 Å². The summed E-state index contributed by atoms with van der Waals surface area (Å²) >= 11 is 3.14. The molecule has 0 radical (unpaired) electrons. The maximum atomic E-state index is 13.8. The molecule has 0 spiro atoms. The lowest BCUT2D eigenvalue weighted by Crippen LogP contribution is -2.31. The maximum Gasteiger partial charge on any atom is 0.418 e. The van der Waals surface area contributed by atoms with Crippen LogP contribution in [0.5, 0.6) is 0 Å². The van der Waals surface area contributed by atoms with Crippen molar-refractivity contribution in [3.8, 4) is 5.95 Å². The minimum atomic E-state index is -4.67. The molecule has 166 valence electrons. The Morgan fingerprint density at radius 2 is 1.84 bits per heavy atom. The fourth-order valence-electron chi connectivity index (χ4n) is 3.38. The van der Waals surface area contributed by atoms with E-state index in [4.69, 9.17) is 0 Å². The van der Waals surface area contributed by atoms with Crippen LogP contribution in [0.15, 0.2) is 46.2 Å². The van der Waals surface area contributed by atoms with E-state index < -0.39 is 23.5 Å². The van der Waals surface area contributed by atoms with Gasteiger partial charge in [0, 0.05) is 36.3 Å². The average Bonchev–Trinajstić information content (AvgIpc) is 3.24. The molecule has 0 amide bonds. The van der Waals surface area contributed by atoms with Gasteiger partial charge in [0.1, 0.15) is 12.1 Å². The van der Waals surface area contributed by atoms with Crippen LogP contribution in [0.3, 0.4) is 0 Å². The summed E-state index contributed by atoms with van der Waals surface area (Å²) in [5, 5.41) is 4.31. The number of alkyl halides is 3. The summed E-state index contributed by atoms with van der Waals surface area (Å²) in [4.78, 5) is 30.7. The number of aromatic nitrogens is 7. The van der Waals surface area contributed by atoms with E-state index in [2.05, 4.69) is 41.0 Å². The Bertz CT molecular complexity index is 1350. The first kappa shape index (κ1) is 21.9. The van der Waals surface area contributed by atoms with E-state index in [1.807, 2.05) is 0 Å². The smallest absolute Gasteiger partial charge is 0.349 e. The lowest BCUT2D eigenvalue weighted by atomic mass is 10.1. The molecule has 0 saturated carbocycles. The van der Waals surface area contributed by atoms with Crippen molar-refractivity contribution in [3.63, 3.8) is 0 Å². The first-order valence-electron chi connectivity index (χ1n) is 9.27. The second-order valence-electron chi connectivity index (χ2n) is 6.99. The number of aryl methyl sites for hydroxylation is 1. The fraction of sp³-hybridized carbons (Fsp3) is 0.263. The van der Waals surface area contributed by atoms with E-state index >= 15 is 0 Å². The predicted molar refractivity (Wildman–Crippen MR) is 113 cm³/mol. The summed E-state index contributed by atoms with van der Waals surface area (Å²) in [5.74, 6) is 0.774. The highest BCUT2D eigenvalue weighted by atomic mass is 79.9. The van der Waals surface area contributed by atoms with Crippen molar-refractivity contribution in [2.75, 3.05) is 11.9 Å². The van der Waals surface area contributed by atoms with Gasteiger partial charge in [-0.3, -0.25) is 4.57 Å².